The third-order valence-electron chi connectivity index (χ3n) is 1.50. The van der Waals surface area contributed by atoms with Crippen LogP contribution in [0.4, 0.5) is 0 Å². The van der Waals surface area contributed by atoms with E-state index >= 15 is 0 Å². The first-order valence-corrected chi connectivity index (χ1v) is 5.30. The zero-order valence-corrected chi connectivity index (χ0v) is 10.9. The van der Waals surface area contributed by atoms with E-state index in [1.54, 1.807) is 57.9 Å². The highest BCUT2D eigenvalue weighted by Gasteiger charge is 2.19. The lowest BCUT2D eigenvalue weighted by atomic mass is 10.1. The molecule has 0 heterocycles. The van der Waals surface area contributed by atoms with Gasteiger partial charge in [0, 0.05) is 6.08 Å². The van der Waals surface area contributed by atoms with E-state index in [4.69, 9.17) is 0 Å². The number of halogens is 2. The normalized spacial score (nSPS) is 16.3. The molecule has 0 N–H and O–H groups in total. The average Bonchev–Trinajstić information content (AvgIpc) is 2.03. The second kappa shape index (κ2) is 4.40. The minimum absolute atomic E-state index is 0.448. The largest absolute Gasteiger partial charge is 0.294 e. The van der Waals surface area contributed by atoms with Gasteiger partial charge in [0.25, 0.3) is 0 Å². The van der Waals surface area contributed by atoms with Crippen LogP contribution in [0.15, 0.2) is 35.7 Å². The van der Waals surface area contributed by atoms with Gasteiger partial charge >= 0.3 is 0 Å². The minimum Gasteiger partial charge on any atom is -0.294 e. The van der Waals surface area contributed by atoms with Gasteiger partial charge in [0.15, 0.2) is 0 Å². The Labute approximate surface area is 103 Å². The Morgan fingerprint density at radius 1 is 1.23 bits per heavy atom. The van der Waals surface area contributed by atoms with E-state index < -0.39 is 0 Å². The van der Waals surface area contributed by atoms with E-state index in [0.717, 1.165) is 8.55 Å². The zero-order valence-electron chi connectivity index (χ0n) is 6.54. The third kappa shape index (κ3) is 2.93. The fraction of sp³-hybridized carbons (Fsp3) is 0.143. The highest BCUT2D eigenvalue weighted by molar-refractivity contribution is 5.32. The predicted molar refractivity (Wildman–Crippen MR) is 37.2 cm³/mol. The topological polar surface area (TPSA) is 40.2 Å². The van der Waals surface area contributed by atoms with Crippen LogP contribution in [0.2, 0.25) is 0 Å². The van der Waals surface area contributed by atoms with Gasteiger partial charge in [-0.2, -0.15) is 0 Å². The molecule has 13 heavy (non-hydrogen) atoms. The summed E-state index contributed by atoms with van der Waals surface area (Å²) in [5, 5.41) is 0. The molecule has 0 aromatic carbocycles. The fourth-order valence-electron chi connectivity index (χ4n) is 0.971. The van der Waals surface area contributed by atoms with Gasteiger partial charge in [-0.3, -0.25) is 45.7 Å². The molecule has 0 saturated heterocycles. The lowest BCUT2D eigenvalue weighted by molar-refractivity contribution is -1.05. The highest BCUT2D eigenvalue weighted by Crippen LogP contribution is 2.18. The SMILES string of the molecule is C=C1C=C([N+](=O)[I-])C=C([N+](=O)[I-])C1. The van der Waals surface area contributed by atoms with Crippen LogP contribution in [0.3, 0.4) is 0 Å². The summed E-state index contributed by atoms with van der Waals surface area (Å²) in [6.45, 7) is 3.72. The van der Waals surface area contributed by atoms with Gasteiger partial charge in [-0.05, 0) is 15.4 Å². The molecule has 4 nitrogen and oxygen atoms in total. The summed E-state index contributed by atoms with van der Waals surface area (Å²) in [6, 6.07) is 0. The van der Waals surface area contributed by atoms with Gasteiger partial charge in [0.05, 0.1) is 12.5 Å². The second-order valence-electron chi connectivity index (χ2n) is 2.53. The van der Waals surface area contributed by atoms with Crippen molar-refractivity contribution in [2.45, 2.75) is 6.42 Å². The van der Waals surface area contributed by atoms with Crippen LogP contribution < -0.4 is 45.7 Å². The molecule has 1 aliphatic carbocycles. The standard InChI is InChI=1S/C7H6I2N2O2/c1-5-2-6(10(8)12)4-7(3-5)11(9)13/h2,4H,1,3H2. The molecule has 0 aliphatic heterocycles. The molecular formula is C7H6I2N2O2. The Hall–Kier alpha value is -0.120. The molecule has 6 heteroatoms. The third-order valence-corrected chi connectivity index (χ3v) is 2.68. The van der Waals surface area contributed by atoms with E-state index in [-0.39, 0.29) is 0 Å². The van der Waals surface area contributed by atoms with E-state index in [2.05, 4.69) is 6.58 Å². The summed E-state index contributed by atoms with van der Waals surface area (Å²) < 4.78 is 1.40. The van der Waals surface area contributed by atoms with Crippen molar-refractivity contribution in [3.05, 3.63) is 45.5 Å². The van der Waals surface area contributed by atoms with E-state index in [0.29, 0.717) is 20.8 Å². The summed E-state index contributed by atoms with van der Waals surface area (Å²) in [4.78, 5) is 21.9. The molecule has 0 aromatic heterocycles. The first-order valence-electron chi connectivity index (χ1n) is 3.37. The lowest BCUT2D eigenvalue weighted by Gasteiger charge is -2.07. The summed E-state index contributed by atoms with van der Waals surface area (Å²) in [6.07, 6.45) is 3.73. The molecule has 0 amide bonds. The molecule has 0 atom stereocenters. The van der Waals surface area contributed by atoms with Crippen molar-refractivity contribution in [1.29, 1.82) is 0 Å². The van der Waals surface area contributed by atoms with Crippen LogP contribution in [-0.2, 0) is 0 Å². The smallest absolute Gasteiger partial charge is 0.232 e. The van der Waals surface area contributed by atoms with Crippen molar-refractivity contribution in [2.24, 2.45) is 0 Å². The molecule has 0 bridgehead atoms. The number of allylic oxidation sites excluding steroid dienone is 3. The Balaban J connectivity index is 3.05. The van der Waals surface area contributed by atoms with Crippen molar-refractivity contribution < 1.29 is 51.7 Å². The molecule has 2 radical (unpaired) electrons. The van der Waals surface area contributed by atoms with Crippen LogP contribution in [0.1, 0.15) is 6.42 Å². The second-order valence-corrected chi connectivity index (χ2v) is 4.28. The van der Waals surface area contributed by atoms with Crippen LogP contribution in [0.25, 0.3) is 0 Å². The predicted octanol–water partition coefficient (Wildman–Crippen LogP) is -4.79. The maximum Gasteiger partial charge on any atom is 0.232 e. The van der Waals surface area contributed by atoms with Crippen LogP contribution in [0.5, 0.6) is 0 Å². The van der Waals surface area contributed by atoms with E-state index in [1.807, 2.05) is 0 Å². The first-order chi connectivity index (χ1) is 6.00. The summed E-state index contributed by atoms with van der Waals surface area (Å²) in [7, 11) is 0. The highest BCUT2D eigenvalue weighted by atomic mass is 127. The van der Waals surface area contributed by atoms with Gasteiger partial charge in [-0.15, -0.1) is 5.95 Å². The molecule has 0 saturated carbocycles. The van der Waals surface area contributed by atoms with Crippen molar-refractivity contribution >= 4 is 0 Å². The molecule has 70 valence electrons. The summed E-state index contributed by atoms with van der Waals surface area (Å²) in [5.41, 5.74) is 1.76. The van der Waals surface area contributed by atoms with Crippen molar-refractivity contribution in [3.8, 4) is 0 Å². The monoisotopic (exact) mass is 404 g/mol. The number of hydrogen-bond acceptors (Lipinski definition) is 2. The Morgan fingerprint density at radius 2 is 1.85 bits per heavy atom. The maximum absolute atomic E-state index is 11.0. The molecule has 0 fully saturated rings. The molecule has 0 aromatic rings. The molecule has 1 rings (SSSR count). The number of rotatable bonds is 2. The fourth-order valence-corrected chi connectivity index (χ4v) is 1.56. The summed E-state index contributed by atoms with van der Waals surface area (Å²) in [5.74, 6) is 0. The minimum atomic E-state index is 0.448. The Kier molecular flexibility index (Phi) is 3.71. The Morgan fingerprint density at radius 3 is 2.31 bits per heavy atom. The van der Waals surface area contributed by atoms with Gasteiger partial charge in [-0.25, -0.2) is 0 Å². The molecule has 0 spiro atoms. The van der Waals surface area contributed by atoms with Gasteiger partial charge in [0.2, 0.25) is 11.4 Å². The van der Waals surface area contributed by atoms with E-state index in [9.17, 15) is 9.81 Å². The maximum atomic E-state index is 11.0. The van der Waals surface area contributed by atoms with Crippen molar-refractivity contribution in [3.63, 3.8) is 0 Å². The average molecular weight is 404 g/mol. The van der Waals surface area contributed by atoms with Crippen LogP contribution in [-0.4, -0.2) is 5.95 Å². The number of nitrogens with zero attached hydrogens (tertiary/aromatic N) is 2. The number of nitroso groups, excluding NO2 is 2. The molecule has 1 aliphatic rings. The van der Waals surface area contributed by atoms with Crippen molar-refractivity contribution in [1.82, 2.24) is 0 Å². The molecule has 0 unspecified atom stereocenters. The Bertz CT molecular complexity index is 358. The van der Waals surface area contributed by atoms with E-state index in [1.165, 1.54) is 0 Å². The quantitative estimate of drug-likeness (QED) is 0.343. The summed E-state index contributed by atoms with van der Waals surface area (Å²) >= 11 is 3.23. The first kappa shape index (κ1) is 11.0. The van der Waals surface area contributed by atoms with Gasteiger partial charge < -0.3 is 0 Å². The zero-order chi connectivity index (χ0) is 10.0. The van der Waals surface area contributed by atoms with Crippen LogP contribution in [0, 0.1) is 9.81 Å². The van der Waals surface area contributed by atoms with Crippen molar-refractivity contribution in [2.75, 3.05) is 0 Å². The van der Waals surface area contributed by atoms with Gasteiger partial charge in [0.1, 0.15) is 0 Å². The lowest BCUT2D eigenvalue weighted by Crippen LogP contribution is -3.39. The molecular weight excluding hydrogens is 398 g/mol. The van der Waals surface area contributed by atoms with Gasteiger partial charge in [-0.1, -0.05) is 6.58 Å². The van der Waals surface area contributed by atoms with Crippen LogP contribution >= 0.6 is 0 Å². The number of hydrogen-bond donors (Lipinski definition) is 0.